The number of aliphatic hydroxyl groups excluding tert-OH is 1. The van der Waals surface area contributed by atoms with Crippen LogP contribution in [0.15, 0.2) is 18.2 Å². The molecule has 2 N–H and O–H groups in total. The summed E-state index contributed by atoms with van der Waals surface area (Å²) in [5.41, 5.74) is 0.559. The highest BCUT2D eigenvalue weighted by Gasteiger charge is 2.36. The Bertz CT molecular complexity index is 427. The summed E-state index contributed by atoms with van der Waals surface area (Å²) in [5, 5.41) is 18.0. The van der Waals surface area contributed by atoms with Crippen LogP contribution in [0.4, 0.5) is 0 Å². The fraction of sp³-hybridized carbons (Fsp3) is 0.111. The lowest BCUT2D eigenvalue weighted by Crippen LogP contribution is -2.25. The van der Waals surface area contributed by atoms with Crippen molar-refractivity contribution in [3.05, 3.63) is 34.9 Å². The highest BCUT2D eigenvalue weighted by Crippen LogP contribution is 2.24. The summed E-state index contributed by atoms with van der Waals surface area (Å²) in [6, 6.07) is 4.52. The van der Waals surface area contributed by atoms with Crippen molar-refractivity contribution in [2.75, 3.05) is 0 Å². The molecule has 0 atom stereocenters. The first-order valence-electron chi connectivity index (χ1n) is 3.97. The average Bonchev–Trinajstić information content (AvgIpc) is 2.44. The van der Waals surface area contributed by atoms with Crippen molar-refractivity contribution in [2.24, 2.45) is 0 Å². The van der Waals surface area contributed by atoms with Gasteiger partial charge in [0.1, 0.15) is 0 Å². The summed E-state index contributed by atoms with van der Waals surface area (Å²) in [7, 11) is 0. The Kier molecular flexibility index (Phi) is 1.83. The second-order valence-corrected chi connectivity index (χ2v) is 2.92. The van der Waals surface area contributed by atoms with E-state index in [2.05, 4.69) is 0 Å². The number of benzene rings is 1. The SMILES string of the molecule is O=C1c2cccc(CO)c2C(=O)N1O. The molecule has 0 aromatic heterocycles. The number of rotatable bonds is 1. The third-order valence-electron chi connectivity index (χ3n) is 2.15. The van der Waals surface area contributed by atoms with Gasteiger partial charge in [-0.3, -0.25) is 14.8 Å². The molecule has 14 heavy (non-hydrogen) atoms. The largest absolute Gasteiger partial charge is 0.392 e. The van der Waals surface area contributed by atoms with Crippen LogP contribution in [0.1, 0.15) is 26.3 Å². The molecule has 72 valence electrons. The smallest absolute Gasteiger partial charge is 0.286 e. The predicted octanol–water partition coefficient (Wildman–Crippen LogP) is 0.164. The molecule has 2 rings (SSSR count). The molecule has 1 aliphatic heterocycles. The Morgan fingerprint density at radius 1 is 1.21 bits per heavy atom. The molecule has 0 unspecified atom stereocenters. The van der Waals surface area contributed by atoms with E-state index < -0.39 is 11.8 Å². The molecule has 5 nitrogen and oxygen atoms in total. The van der Waals surface area contributed by atoms with Crippen LogP contribution in [0, 0.1) is 0 Å². The zero-order valence-corrected chi connectivity index (χ0v) is 7.10. The number of carbonyl (C=O) groups is 2. The first-order chi connectivity index (χ1) is 6.66. The second-order valence-electron chi connectivity index (χ2n) is 2.92. The number of hydroxylamine groups is 2. The minimum atomic E-state index is -0.783. The molecular weight excluding hydrogens is 186 g/mol. The number of carbonyl (C=O) groups excluding carboxylic acids is 2. The fourth-order valence-electron chi connectivity index (χ4n) is 1.47. The van der Waals surface area contributed by atoms with Crippen LogP contribution < -0.4 is 0 Å². The lowest BCUT2D eigenvalue weighted by Gasteiger charge is -2.02. The van der Waals surface area contributed by atoms with Crippen molar-refractivity contribution >= 4 is 11.8 Å². The lowest BCUT2D eigenvalue weighted by molar-refractivity contribution is -0.0328. The molecule has 0 saturated heterocycles. The minimum Gasteiger partial charge on any atom is -0.392 e. The maximum absolute atomic E-state index is 11.3. The van der Waals surface area contributed by atoms with Crippen molar-refractivity contribution in [3.8, 4) is 0 Å². The van der Waals surface area contributed by atoms with Crippen LogP contribution in [0.3, 0.4) is 0 Å². The van der Waals surface area contributed by atoms with Gasteiger partial charge in [-0.05, 0) is 11.6 Å². The predicted molar refractivity (Wildman–Crippen MR) is 44.7 cm³/mol. The van der Waals surface area contributed by atoms with E-state index in [4.69, 9.17) is 10.3 Å². The van der Waals surface area contributed by atoms with E-state index in [0.717, 1.165) is 0 Å². The van der Waals surface area contributed by atoms with Crippen LogP contribution in [0.2, 0.25) is 0 Å². The van der Waals surface area contributed by atoms with Crippen molar-refractivity contribution in [1.82, 2.24) is 5.06 Å². The zero-order valence-electron chi connectivity index (χ0n) is 7.10. The first-order valence-corrected chi connectivity index (χ1v) is 3.97. The van der Waals surface area contributed by atoms with E-state index in [1.54, 1.807) is 6.07 Å². The van der Waals surface area contributed by atoms with Gasteiger partial charge in [0.15, 0.2) is 0 Å². The quantitative estimate of drug-likeness (QED) is 0.492. The molecule has 1 heterocycles. The van der Waals surface area contributed by atoms with Gasteiger partial charge in [-0.1, -0.05) is 12.1 Å². The number of nitrogens with zero attached hydrogens (tertiary/aromatic N) is 1. The normalized spacial score (nSPS) is 14.9. The monoisotopic (exact) mass is 193 g/mol. The van der Waals surface area contributed by atoms with E-state index in [0.29, 0.717) is 5.56 Å². The van der Waals surface area contributed by atoms with Crippen LogP contribution in [-0.2, 0) is 6.61 Å². The third-order valence-corrected chi connectivity index (χ3v) is 2.15. The number of hydrogen-bond acceptors (Lipinski definition) is 4. The van der Waals surface area contributed by atoms with Gasteiger partial charge < -0.3 is 5.11 Å². The van der Waals surface area contributed by atoms with E-state index in [1.807, 2.05) is 0 Å². The van der Waals surface area contributed by atoms with E-state index in [-0.39, 0.29) is 22.8 Å². The Morgan fingerprint density at radius 2 is 1.93 bits per heavy atom. The van der Waals surface area contributed by atoms with Crippen LogP contribution >= 0.6 is 0 Å². The molecule has 0 saturated carbocycles. The van der Waals surface area contributed by atoms with Crippen LogP contribution in [0.5, 0.6) is 0 Å². The molecule has 5 heteroatoms. The number of amides is 2. The molecule has 2 amide bonds. The van der Waals surface area contributed by atoms with Crippen LogP contribution in [-0.4, -0.2) is 27.2 Å². The van der Waals surface area contributed by atoms with Gasteiger partial charge >= 0.3 is 0 Å². The van der Waals surface area contributed by atoms with Gasteiger partial charge in [0.25, 0.3) is 11.8 Å². The summed E-state index contributed by atoms with van der Waals surface area (Å²) in [6.07, 6.45) is 0. The van der Waals surface area contributed by atoms with E-state index >= 15 is 0 Å². The average molecular weight is 193 g/mol. The molecule has 1 aliphatic rings. The Balaban J connectivity index is 2.69. The van der Waals surface area contributed by atoms with Gasteiger partial charge in [0.2, 0.25) is 0 Å². The molecule has 0 bridgehead atoms. The van der Waals surface area contributed by atoms with Crippen molar-refractivity contribution < 1.29 is 19.9 Å². The summed E-state index contributed by atoms with van der Waals surface area (Å²) in [4.78, 5) is 22.6. The number of fused-ring (bicyclic) bond motifs is 1. The Labute approximate surface area is 79.1 Å². The Morgan fingerprint density at radius 3 is 2.57 bits per heavy atom. The third kappa shape index (κ3) is 0.966. The molecule has 0 spiro atoms. The lowest BCUT2D eigenvalue weighted by atomic mass is 10.0. The molecule has 0 fully saturated rings. The fourth-order valence-corrected chi connectivity index (χ4v) is 1.47. The molecule has 1 aromatic carbocycles. The first kappa shape index (κ1) is 8.86. The maximum atomic E-state index is 11.3. The van der Waals surface area contributed by atoms with E-state index in [9.17, 15) is 9.59 Å². The molecule has 1 aromatic rings. The van der Waals surface area contributed by atoms with Crippen LogP contribution in [0.25, 0.3) is 0 Å². The number of imide groups is 1. The minimum absolute atomic E-state index is 0.0594. The topological polar surface area (TPSA) is 77.8 Å². The Hall–Kier alpha value is -1.72. The number of aliphatic hydroxyl groups is 1. The number of hydrogen-bond donors (Lipinski definition) is 2. The van der Waals surface area contributed by atoms with Gasteiger partial charge in [-0.15, -0.1) is 5.06 Å². The van der Waals surface area contributed by atoms with E-state index in [1.165, 1.54) is 12.1 Å². The van der Waals surface area contributed by atoms with Gasteiger partial charge in [-0.25, -0.2) is 0 Å². The highest BCUT2D eigenvalue weighted by molar-refractivity contribution is 6.21. The summed E-state index contributed by atoms with van der Waals surface area (Å²) >= 11 is 0. The summed E-state index contributed by atoms with van der Waals surface area (Å²) in [5.74, 6) is -1.53. The molecule has 0 aliphatic carbocycles. The van der Waals surface area contributed by atoms with Gasteiger partial charge in [-0.2, -0.15) is 0 Å². The standard InChI is InChI=1S/C9H7NO4/c11-4-5-2-1-3-6-7(5)9(13)10(14)8(6)12/h1-3,11,14H,4H2. The maximum Gasteiger partial charge on any atom is 0.286 e. The zero-order chi connectivity index (χ0) is 10.3. The van der Waals surface area contributed by atoms with Crippen molar-refractivity contribution in [2.45, 2.75) is 6.61 Å². The molecular formula is C9H7NO4. The molecule has 0 radical (unpaired) electrons. The summed E-state index contributed by atoms with van der Waals surface area (Å²) in [6.45, 7) is -0.337. The van der Waals surface area contributed by atoms with Crippen molar-refractivity contribution in [1.29, 1.82) is 0 Å². The van der Waals surface area contributed by atoms with Gasteiger partial charge in [0, 0.05) is 0 Å². The second kappa shape index (κ2) is 2.90. The summed E-state index contributed by atoms with van der Waals surface area (Å²) < 4.78 is 0. The van der Waals surface area contributed by atoms with Gasteiger partial charge in [0.05, 0.1) is 17.7 Å². The van der Waals surface area contributed by atoms with Crippen molar-refractivity contribution in [3.63, 3.8) is 0 Å². The highest BCUT2D eigenvalue weighted by atomic mass is 16.5.